The fraction of sp³-hybridized carbons (Fsp3) is 0.182. The van der Waals surface area contributed by atoms with Crippen molar-refractivity contribution in [3.63, 3.8) is 0 Å². The van der Waals surface area contributed by atoms with Crippen LogP contribution in [0, 0.1) is 0 Å². The minimum Gasteiger partial charge on any atom is -0.281 e. The maximum absolute atomic E-state index is 11.1. The molecular weight excluding hydrogens is 260 g/mol. The van der Waals surface area contributed by atoms with Gasteiger partial charge in [0.1, 0.15) is 0 Å². The van der Waals surface area contributed by atoms with Gasteiger partial charge in [-0.1, -0.05) is 23.7 Å². The number of hydrogen-bond donors (Lipinski definition) is 1. The first-order chi connectivity index (χ1) is 7.94. The van der Waals surface area contributed by atoms with Gasteiger partial charge < -0.3 is 0 Å². The van der Waals surface area contributed by atoms with Crippen molar-refractivity contribution in [2.24, 2.45) is 0 Å². The summed E-state index contributed by atoms with van der Waals surface area (Å²) in [6.07, 6.45) is 1.19. The van der Waals surface area contributed by atoms with Gasteiger partial charge in [0, 0.05) is 16.8 Å². The van der Waals surface area contributed by atoms with Crippen LogP contribution in [0.1, 0.15) is 5.69 Å². The van der Waals surface area contributed by atoms with Crippen LogP contribution in [0.5, 0.6) is 0 Å². The Morgan fingerprint density at radius 3 is 2.76 bits per heavy atom. The lowest BCUT2D eigenvalue weighted by Gasteiger charge is -1.95. The standard InChI is InChI=1S/C11H11ClN2O2S/c1-17(15,16)7-10-6-11(14-13-10)8-3-2-4-9(12)5-8/h2-6H,7H2,1H3,(H,13,14). The van der Waals surface area contributed by atoms with Crippen molar-refractivity contribution < 1.29 is 8.42 Å². The Kier molecular flexibility index (Phi) is 3.22. The second kappa shape index (κ2) is 4.50. The summed E-state index contributed by atoms with van der Waals surface area (Å²) in [6, 6.07) is 8.96. The molecule has 0 radical (unpaired) electrons. The van der Waals surface area contributed by atoms with Crippen molar-refractivity contribution in [2.45, 2.75) is 5.75 Å². The van der Waals surface area contributed by atoms with E-state index < -0.39 is 9.84 Å². The molecule has 1 aromatic carbocycles. The highest BCUT2D eigenvalue weighted by Crippen LogP contribution is 2.21. The fourth-order valence-corrected chi connectivity index (χ4v) is 2.42. The molecule has 2 aromatic rings. The third kappa shape index (κ3) is 3.31. The molecule has 0 spiro atoms. The number of nitrogens with zero attached hydrogens (tertiary/aromatic N) is 1. The summed E-state index contributed by atoms with van der Waals surface area (Å²) >= 11 is 5.87. The molecule has 1 N–H and O–H groups in total. The highest BCUT2D eigenvalue weighted by atomic mass is 35.5. The number of hydrogen-bond acceptors (Lipinski definition) is 3. The number of aromatic amines is 1. The molecule has 90 valence electrons. The van der Waals surface area contributed by atoms with Gasteiger partial charge in [0.15, 0.2) is 9.84 Å². The number of H-pyrrole nitrogens is 1. The smallest absolute Gasteiger partial charge is 0.153 e. The van der Waals surface area contributed by atoms with E-state index in [-0.39, 0.29) is 5.75 Å². The number of nitrogens with one attached hydrogen (secondary N) is 1. The highest BCUT2D eigenvalue weighted by Gasteiger charge is 2.09. The maximum atomic E-state index is 11.1. The van der Waals surface area contributed by atoms with Gasteiger partial charge in [0.25, 0.3) is 0 Å². The predicted octanol–water partition coefficient (Wildman–Crippen LogP) is 2.27. The van der Waals surface area contributed by atoms with Gasteiger partial charge in [0.2, 0.25) is 0 Å². The van der Waals surface area contributed by atoms with Crippen LogP contribution in [0.2, 0.25) is 5.02 Å². The average molecular weight is 271 g/mol. The Labute approximate surface area is 105 Å². The van der Waals surface area contributed by atoms with Gasteiger partial charge in [-0.05, 0) is 18.2 Å². The molecule has 0 amide bonds. The number of benzene rings is 1. The van der Waals surface area contributed by atoms with Gasteiger partial charge in [-0.3, -0.25) is 5.10 Å². The van der Waals surface area contributed by atoms with Crippen LogP contribution in [0.3, 0.4) is 0 Å². The molecule has 4 nitrogen and oxygen atoms in total. The van der Waals surface area contributed by atoms with E-state index in [1.165, 1.54) is 6.26 Å². The summed E-state index contributed by atoms with van der Waals surface area (Å²) in [7, 11) is -3.05. The highest BCUT2D eigenvalue weighted by molar-refractivity contribution is 7.89. The zero-order valence-corrected chi connectivity index (χ0v) is 10.7. The first-order valence-electron chi connectivity index (χ1n) is 4.92. The van der Waals surface area contributed by atoms with E-state index >= 15 is 0 Å². The van der Waals surface area contributed by atoms with Gasteiger partial charge in [-0.2, -0.15) is 5.10 Å². The lowest BCUT2D eigenvalue weighted by molar-refractivity contribution is 0.600. The largest absolute Gasteiger partial charge is 0.281 e. The number of rotatable bonds is 3. The summed E-state index contributed by atoms with van der Waals surface area (Å²) in [5.41, 5.74) is 2.11. The van der Waals surface area contributed by atoms with Gasteiger partial charge in [0.05, 0.1) is 17.1 Å². The molecule has 0 aliphatic carbocycles. The first kappa shape index (κ1) is 12.1. The summed E-state index contributed by atoms with van der Waals surface area (Å²) < 4.78 is 22.3. The molecule has 17 heavy (non-hydrogen) atoms. The third-order valence-corrected chi connectivity index (χ3v) is 3.24. The maximum Gasteiger partial charge on any atom is 0.153 e. The summed E-state index contributed by atoms with van der Waals surface area (Å²) in [4.78, 5) is 0. The SMILES string of the molecule is CS(=O)(=O)Cc1cc(-c2cccc(Cl)c2)n[nH]1. The Bertz CT molecular complexity index is 634. The molecule has 0 unspecified atom stereocenters. The zero-order valence-electron chi connectivity index (χ0n) is 9.14. The summed E-state index contributed by atoms with van der Waals surface area (Å²) in [6.45, 7) is 0. The van der Waals surface area contributed by atoms with E-state index in [1.54, 1.807) is 18.2 Å². The van der Waals surface area contributed by atoms with Gasteiger partial charge in [-0.25, -0.2) is 8.42 Å². The lowest BCUT2D eigenvalue weighted by Crippen LogP contribution is -2.00. The molecule has 1 heterocycles. The molecule has 1 aromatic heterocycles. The van der Waals surface area contributed by atoms with Gasteiger partial charge >= 0.3 is 0 Å². The average Bonchev–Trinajstić information content (AvgIpc) is 2.63. The van der Waals surface area contributed by atoms with Gasteiger partial charge in [-0.15, -0.1) is 0 Å². The third-order valence-electron chi connectivity index (χ3n) is 2.17. The van der Waals surface area contributed by atoms with Crippen LogP contribution in [-0.4, -0.2) is 24.9 Å². The van der Waals surface area contributed by atoms with Crippen LogP contribution >= 0.6 is 11.6 Å². The van der Waals surface area contributed by atoms with Crippen LogP contribution < -0.4 is 0 Å². The quantitative estimate of drug-likeness (QED) is 0.931. The summed E-state index contributed by atoms with van der Waals surface area (Å²) in [5, 5.41) is 7.39. The Hall–Kier alpha value is -1.33. The van der Waals surface area contributed by atoms with Crippen molar-refractivity contribution in [3.05, 3.63) is 41.0 Å². The minimum atomic E-state index is -3.05. The zero-order chi connectivity index (χ0) is 12.5. The van der Waals surface area contributed by atoms with Crippen molar-refractivity contribution in [2.75, 3.05) is 6.26 Å². The molecule has 0 atom stereocenters. The molecule has 0 saturated heterocycles. The van der Waals surface area contributed by atoms with Crippen molar-refractivity contribution >= 4 is 21.4 Å². The minimum absolute atomic E-state index is 0.0411. The molecule has 0 fully saturated rings. The topological polar surface area (TPSA) is 62.8 Å². The molecule has 2 rings (SSSR count). The molecule has 0 aliphatic rings. The van der Waals surface area contributed by atoms with E-state index in [0.29, 0.717) is 16.4 Å². The van der Waals surface area contributed by atoms with E-state index in [9.17, 15) is 8.42 Å². The van der Waals surface area contributed by atoms with Crippen molar-refractivity contribution in [1.29, 1.82) is 0 Å². The molecule has 0 saturated carbocycles. The fourth-order valence-electron chi connectivity index (χ4n) is 1.51. The summed E-state index contributed by atoms with van der Waals surface area (Å²) in [5.74, 6) is -0.0411. The monoisotopic (exact) mass is 270 g/mol. The van der Waals surface area contributed by atoms with Crippen molar-refractivity contribution in [1.82, 2.24) is 10.2 Å². The van der Waals surface area contributed by atoms with Crippen LogP contribution in [0.15, 0.2) is 30.3 Å². The lowest BCUT2D eigenvalue weighted by atomic mass is 10.1. The second-order valence-electron chi connectivity index (χ2n) is 3.86. The van der Waals surface area contributed by atoms with Crippen molar-refractivity contribution in [3.8, 4) is 11.3 Å². The Morgan fingerprint density at radius 2 is 2.12 bits per heavy atom. The van der Waals surface area contributed by atoms with E-state index in [0.717, 1.165) is 5.56 Å². The molecule has 0 bridgehead atoms. The molecule has 6 heteroatoms. The molecular formula is C11H11ClN2O2S. The number of aromatic nitrogens is 2. The van der Waals surface area contributed by atoms with E-state index in [4.69, 9.17) is 11.6 Å². The Balaban J connectivity index is 2.30. The number of sulfone groups is 1. The Morgan fingerprint density at radius 1 is 1.35 bits per heavy atom. The predicted molar refractivity (Wildman–Crippen MR) is 67.6 cm³/mol. The van der Waals surface area contributed by atoms with E-state index in [1.807, 2.05) is 12.1 Å². The van der Waals surface area contributed by atoms with Crippen LogP contribution in [0.4, 0.5) is 0 Å². The van der Waals surface area contributed by atoms with Crippen LogP contribution in [0.25, 0.3) is 11.3 Å². The van der Waals surface area contributed by atoms with Crippen LogP contribution in [-0.2, 0) is 15.6 Å². The normalized spacial score (nSPS) is 11.6. The molecule has 0 aliphatic heterocycles. The first-order valence-corrected chi connectivity index (χ1v) is 7.36. The second-order valence-corrected chi connectivity index (χ2v) is 6.44. The van der Waals surface area contributed by atoms with E-state index in [2.05, 4.69) is 10.2 Å². The number of halogens is 1.